The minimum Gasteiger partial charge on any atom is -0.322 e. The largest absolute Gasteiger partial charge is 0.322 e. The van der Waals surface area contributed by atoms with Gasteiger partial charge in [0.15, 0.2) is 0 Å². The molecule has 1 aliphatic rings. The molecule has 1 N–H and O–H groups in total. The number of benzene rings is 2. The topological polar surface area (TPSA) is 49.4 Å². The molecule has 0 saturated heterocycles. The van der Waals surface area contributed by atoms with E-state index in [-0.39, 0.29) is 11.8 Å². The average Bonchev–Trinajstić information content (AvgIpc) is 2.88. The van der Waals surface area contributed by atoms with E-state index in [2.05, 4.69) is 5.32 Å². The van der Waals surface area contributed by atoms with Crippen LogP contribution >= 0.6 is 11.8 Å². The highest BCUT2D eigenvalue weighted by molar-refractivity contribution is 7.98. The monoisotopic (exact) mass is 326 g/mol. The highest BCUT2D eigenvalue weighted by atomic mass is 32.2. The molecule has 5 heteroatoms. The van der Waals surface area contributed by atoms with Gasteiger partial charge in [0.25, 0.3) is 5.91 Å². The summed E-state index contributed by atoms with van der Waals surface area (Å²) in [6, 6.07) is 13.2. The molecule has 0 radical (unpaired) electrons. The summed E-state index contributed by atoms with van der Waals surface area (Å²) in [5.41, 5.74) is 3.29. The lowest BCUT2D eigenvalue weighted by atomic mass is 10.1. The molecule has 2 aromatic carbocycles. The number of carbonyl (C=O) groups excluding carboxylic acids is 2. The highest BCUT2D eigenvalue weighted by Gasteiger charge is 2.26. The van der Waals surface area contributed by atoms with Crippen LogP contribution in [-0.4, -0.2) is 24.6 Å². The number of hydrogen-bond acceptors (Lipinski definition) is 3. The Morgan fingerprint density at radius 1 is 1.26 bits per heavy atom. The zero-order valence-corrected chi connectivity index (χ0v) is 13.9. The van der Waals surface area contributed by atoms with E-state index in [1.165, 1.54) is 0 Å². The van der Waals surface area contributed by atoms with Crippen LogP contribution in [0, 0.1) is 0 Å². The maximum Gasteiger partial charge on any atom is 0.256 e. The summed E-state index contributed by atoms with van der Waals surface area (Å²) in [7, 11) is 0. The minimum absolute atomic E-state index is 0.110. The van der Waals surface area contributed by atoms with Gasteiger partial charge in [-0.2, -0.15) is 0 Å². The van der Waals surface area contributed by atoms with Crippen molar-refractivity contribution in [1.29, 1.82) is 0 Å². The first-order valence-electron chi connectivity index (χ1n) is 7.51. The fourth-order valence-corrected chi connectivity index (χ4v) is 3.43. The van der Waals surface area contributed by atoms with Crippen molar-refractivity contribution in [3.05, 3.63) is 53.6 Å². The summed E-state index contributed by atoms with van der Waals surface area (Å²) < 4.78 is 0. The molecule has 0 aliphatic carbocycles. The number of nitrogens with zero attached hydrogens (tertiary/aromatic N) is 1. The van der Waals surface area contributed by atoms with E-state index in [4.69, 9.17) is 0 Å². The van der Waals surface area contributed by atoms with Crippen molar-refractivity contribution >= 4 is 35.0 Å². The van der Waals surface area contributed by atoms with Crippen molar-refractivity contribution in [2.75, 3.05) is 23.0 Å². The molecule has 0 atom stereocenters. The fraction of sp³-hybridized carbons (Fsp3) is 0.222. The van der Waals surface area contributed by atoms with Gasteiger partial charge in [-0.15, -0.1) is 11.8 Å². The van der Waals surface area contributed by atoms with Gasteiger partial charge in [0.2, 0.25) is 5.91 Å². The van der Waals surface area contributed by atoms with E-state index in [9.17, 15) is 9.59 Å². The predicted molar refractivity (Wildman–Crippen MR) is 94.3 cm³/mol. The molecule has 4 nitrogen and oxygen atoms in total. The first-order valence-corrected chi connectivity index (χ1v) is 8.74. The third-order valence-corrected chi connectivity index (χ3v) is 4.73. The van der Waals surface area contributed by atoms with Crippen LogP contribution in [0.4, 0.5) is 11.4 Å². The Hall–Kier alpha value is -2.27. The molecular weight excluding hydrogens is 308 g/mol. The van der Waals surface area contributed by atoms with E-state index < -0.39 is 0 Å². The van der Waals surface area contributed by atoms with Crippen LogP contribution in [0.2, 0.25) is 0 Å². The molecule has 23 heavy (non-hydrogen) atoms. The van der Waals surface area contributed by atoms with E-state index in [0.29, 0.717) is 18.5 Å². The van der Waals surface area contributed by atoms with E-state index >= 15 is 0 Å². The van der Waals surface area contributed by atoms with E-state index in [0.717, 1.165) is 21.8 Å². The van der Waals surface area contributed by atoms with Crippen LogP contribution < -0.4 is 10.2 Å². The number of thioether (sulfide) groups is 1. The maximum absolute atomic E-state index is 12.5. The number of nitrogens with one attached hydrogen (secondary N) is 1. The molecule has 1 heterocycles. The third-order valence-electron chi connectivity index (χ3n) is 3.94. The van der Waals surface area contributed by atoms with Crippen molar-refractivity contribution in [2.24, 2.45) is 0 Å². The number of rotatable bonds is 4. The van der Waals surface area contributed by atoms with Gasteiger partial charge in [0, 0.05) is 22.8 Å². The number of anilines is 2. The van der Waals surface area contributed by atoms with Crippen LogP contribution in [0.3, 0.4) is 0 Å². The first-order chi connectivity index (χ1) is 11.1. The molecule has 0 spiro atoms. The molecule has 0 aromatic heterocycles. The van der Waals surface area contributed by atoms with Gasteiger partial charge < -0.3 is 10.2 Å². The summed E-state index contributed by atoms with van der Waals surface area (Å²) in [4.78, 5) is 27.1. The van der Waals surface area contributed by atoms with E-state index in [1.807, 2.05) is 55.6 Å². The number of fused-ring (bicyclic) bond motifs is 1. The molecule has 1 aliphatic heterocycles. The first kappa shape index (κ1) is 15.6. The summed E-state index contributed by atoms with van der Waals surface area (Å²) >= 11 is 1.55. The smallest absolute Gasteiger partial charge is 0.256 e. The standard InChI is InChI=1S/C18H18N2O2S/c1-3-20-15-9-8-13(10-12(15)11-17(20)21)19-18(22)14-6-4-5-7-16(14)23-2/h4-10H,3,11H2,1-2H3,(H,19,22). The zero-order valence-electron chi connectivity index (χ0n) is 13.1. The van der Waals surface area contributed by atoms with Crippen LogP contribution in [0.15, 0.2) is 47.4 Å². The minimum atomic E-state index is -0.133. The Morgan fingerprint density at radius 2 is 2.04 bits per heavy atom. The lowest BCUT2D eigenvalue weighted by Gasteiger charge is -2.15. The molecular formula is C18H18N2O2S. The van der Waals surface area contributed by atoms with Crippen LogP contribution in [0.1, 0.15) is 22.8 Å². The van der Waals surface area contributed by atoms with Crippen LogP contribution in [0.5, 0.6) is 0 Å². The Kier molecular flexibility index (Phi) is 4.39. The second kappa shape index (κ2) is 6.46. The molecule has 0 fully saturated rings. The molecule has 3 rings (SSSR count). The van der Waals surface area contributed by atoms with Crippen molar-refractivity contribution in [1.82, 2.24) is 0 Å². The second-order valence-corrected chi connectivity index (χ2v) is 6.16. The lowest BCUT2D eigenvalue weighted by molar-refractivity contribution is -0.117. The van der Waals surface area contributed by atoms with Gasteiger partial charge >= 0.3 is 0 Å². The van der Waals surface area contributed by atoms with Gasteiger partial charge in [-0.1, -0.05) is 12.1 Å². The normalized spacial score (nSPS) is 13.1. The molecule has 2 aromatic rings. The Bertz CT molecular complexity index is 773. The summed E-state index contributed by atoms with van der Waals surface area (Å²) in [6.45, 7) is 2.63. The number of carbonyl (C=O) groups is 2. The van der Waals surface area contributed by atoms with Crippen LogP contribution in [0.25, 0.3) is 0 Å². The fourth-order valence-electron chi connectivity index (χ4n) is 2.84. The molecule has 0 unspecified atom stereocenters. The Balaban J connectivity index is 1.83. The number of likely N-dealkylation sites (N-methyl/N-ethyl adjacent to an activating group) is 1. The van der Waals surface area contributed by atoms with Gasteiger partial charge in [0.1, 0.15) is 0 Å². The summed E-state index contributed by atoms with van der Waals surface area (Å²) in [5, 5.41) is 2.93. The second-order valence-electron chi connectivity index (χ2n) is 5.31. The average molecular weight is 326 g/mol. The highest BCUT2D eigenvalue weighted by Crippen LogP contribution is 2.31. The van der Waals surface area contributed by atoms with Gasteiger partial charge in [0.05, 0.1) is 12.0 Å². The van der Waals surface area contributed by atoms with Crippen molar-refractivity contribution in [3.63, 3.8) is 0 Å². The molecule has 118 valence electrons. The Labute approximate surface area is 139 Å². The number of hydrogen-bond donors (Lipinski definition) is 1. The van der Waals surface area contributed by atoms with E-state index in [1.54, 1.807) is 16.7 Å². The SMILES string of the molecule is CCN1C(=O)Cc2cc(NC(=O)c3ccccc3SC)ccc21. The predicted octanol–water partition coefficient (Wildman–Crippen LogP) is 3.57. The quantitative estimate of drug-likeness (QED) is 0.874. The number of amides is 2. The van der Waals surface area contributed by atoms with Gasteiger partial charge in [-0.05, 0) is 49.1 Å². The lowest BCUT2D eigenvalue weighted by Crippen LogP contribution is -2.25. The van der Waals surface area contributed by atoms with Crippen molar-refractivity contribution < 1.29 is 9.59 Å². The van der Waals surface area contributed by atoms with Crippen LogP contribution in [-0.2, 0) is 11.2 Å². The van der Waals surface area contributed by atoms with Gasteiger partial charge in [-0.3, -0.25) is 9.59 Å². The summed E-state index contributed by atoms with van der Waals surface area (Å²) in [6.07, 6.45) is 2.35. The zero-order chi connectivity index (χ0) is 16.4. The Morgan fingerprint density at radius 3 is 2.78 bits per heavy atom. The molecule has 2 amide bonds. The van der Waals surface area contributed by atoms with Gasteiger partial charge in [-0.25, -0.2) is 0 Å². The van der Waals surface area contributed by atoms with Crippen molar-refractivity contribution in [3.8, 4) is 0 Å². The summed E-state index contributed by atoms with van der Waals surface area (Å²) in [5.74, 6) is -0.0229. The maximum atomic E-state index is 12.5. The van der Waals surface area contributed by atoms with Crippen molar-refractivity contribution in [2.45, 2.75) is 18.2 Å². The third kappa shape index (κ3) is 2.97. The molecule has 0 bridgehead atoms. The molecule has 0 saturated carbocycles.